The average molecular weight is 351 g/mol. The number of carbonyl (C=O) groups is 1. The quantitative estimate of drug-likeness (QED) is 0.358. The number of aliphatic imine (C=N–C) groups is 1. The summed E-state index contributed by atoms with van der Waals surface area (Å²) in [5, 5.41) is 9.99. The Hall–Kier alpha value is -1.26. The minimum absolute atomic E-state index is 0.238. The van der Waals surface area contributed by atoms with Crippen molar-refractivity contribution in [1.82, 2.24) is 16.0 Å². The average Bonchev–Trinajstić information content (AvgIpc) is 2.53. The van der Waals surface area contributed by atoms with Gasteiger partial charge in [-0.05, 0) is 63.7 Å². The van der Waals surface area contributed by atoms with Crippen LogP contribution in [-0.4, -0.2) is 37.5 Å². The molecule has 5 heteroatoms. The summed E-state index contributed by atoms with van der Waals surface area (Å²) in [5.41, 5.74) is 0. The predicted octanol–water partition coefficient (Wildman–Crippen LogP) is 3.06. The van der Waals surface area contributed by atoms with Crippen molar-refractivity contribution in [2.45, 2.75) is 78.2 Å². The zero-order valence-electron chi connectivity index (χ0n) is 16.4. The third-order valence-corrected chi connectivity index (χ3v) is 5.78. The Bertz CT molecular complexity index is 423. The standard InChI is InChI=1S/C20H38N4O/c1-4-21-20(24-18-11-9-16(10-12-18)15(2)3)23-14-6-13-22-19(25)17-7-5-8-17/h15-18H,4-14H2,1-3H3,(H,22,25)(H2,21,23,24). The van der Waals surface area contributed by atoms with Crippen molar-refractivity contribution in [3.63, 3.8) is 0 Å². The first-order chi connectivity index (χ1) is 12.1. The van der Waals surface area contributed by atoms with E-state index in [4.69, 9.17) is 0 Å². The molecule has 25 heavy (non-hydrogen) atoms. The highest BCUT2D eigenvalue weighted by Gasteiger charge is 2.25. The number of guanidine groups is 1. The van der Waals surface area contributed by atoms with E-state index in [0.29, 0.717) is 6.04 Å². The summed E-state index contributed by atoms with van der Waals surface area (Å²) in [7, 11) is 0. The molecule has 2 aliphatic rings. The Kier molecular flexibility index (Phi) is 8.56. The van der Waals surface area contributed by atoms with Crippen LogP contribution in [0.5, 0.6) is 0 Å². The minimum Gasteiger partial charge on any atom is -0.357 e. The Morgan fingerprint density at radius 1 is 1.08 bits per heavy atom. The lowest BCUT2D eigenvalue weighted by atomic mass is 9.80. The molecule has 2 aliphatic carbocycles. The molecule has 2 saturated carbocycles. The van der Waals surface area contributed by atoms with E-state index in [1.54, 1.807) is 0 Å². The van der Waals surface area contributed by atoms with E-state index >= 15 is 0 Å². The van der Waals surface area contributed by atoms with E-state index in [1.165, 1.54) is 32.1 Å². The van der Waals surface area contributed by atoms with Crippen molar-refractivity contribution >= 4 is 11.9 Å². The van der Waals surface area contributed by atoms with E-state index < -0.39 is 0 Å². The fourth-order valence-electron chi connectivity index (χ4n) is 3.74. The summed E-state index contributed by atoms with van der Waals surface area (Å²) in [5.74, 6) is 3.14. The fourth-order valence-corrected chi connectivity index (χ4v) is 3.74. The van der Waals surface area contributed by atoms with Gasteiger partial charge < -0.3 is 16.0 Å². The molecular weight excluding hydrogens is 312 g/mol. The van der Waals surface area contributed by atoms with Gasteiger partial charge in [0.1, 0.15) is 0 Å². The molecule has 2 fully saturated rings. The van der Waals surface area contributed by atoms with E-state index in [2.05, 4.69) is 41.7 Å². The van der Waals surface area contributed by atoms with Crippen LogP contribution in [-0.2, 0) is 4.79 Å². The van der Waals surface area contributed by atoms with Gasteiger partial charge in [0.15, 0.2) is 5.96 Å². The molecule has 5 nitrogen and oxygen atoms in total. The van der Waals surface area contributed by atoms with Crippen LogP contribution in [0.25, 0.3) is 0 Å². The van der Waals surface area contributed by atoms with Gasteiger partial charge in [-0.25, -0.2) is 0 Å². The van der Waals surface area contributed by atoms with Gasteiger partial charge in [0.05, 0.1) is 0 Å². The van der Waals surface area contributed by atoms with Gasteiger partial charge in [0, 0.05) is 31.6 Å². The van der Waals surface area contributed by atoms with Crippen LogP contribution in [0.1, 0.15) is 72.1 Å². The molecule has 144 valence electrons. The maximum Gasteiger partial charge on any atom is 0.223 e. The first-order valence-electron chi connectivity index (χ1n) is 10.4. The lowest BCUT2D eigenvalue weighted by Crippen LogP contribution is -2.45. The van der Waals surface area contributed by atoms with Crippen LogP contribution in [0.3, 0.4) is 0 Å². The van der Waals surface area contributed by atoms with Crippen LogP contribution in [0, 0.1) is 17.8 Å². The SMILES string of the molecule is CCNC(=NCCCNC(=O)C1CCC1)NC1CCC(C(C)C)CC1. The first kappa shape index (κ1) is 20.1. The van der Waals surface area contributed by atoms with Gasteiger partial charge in [-0.1, -0.05) is 20.3 Å². The molecule has 0 aromatic rings. The van der Waals surface area contributed by atoms with Gasteiger partial charge in [0.2, 0.25) is 5.91 Å². The molecule has 1 amide bonds. The van der Waals surface area contributed by atoms with Crippen LogP contribution in [0.2, 0.25) is 0 Å². The second kappa shape index (κ2) is 10.7. The molecule has 0 aliphatic heterocycles. The molecule has 0 aromatic carbocycles. The third-order valence-electron chi connectivity index (χ3n) is 5.78. The molecule has 0 aromatic heterocycles. The summed E-state index contributed by atoms with van der Waals surface area (Å²) in [4.78, 5) is 16.5. The molecule has 2 rings (SSSR count). The number of carbonyl (C=O) groups excluding carboxylic acids is 1. The lowest BCUT2D eigenvalue weighted by molar-refractivity contribution is -0.127. The maximum absolute atomic E-state index is 11.8. The lowest BCUT2D eigenvalue weighted by Gasteiger charge is -2.32. The van der Waals surface area contributed by atoms with Gasteiger partial charge in [-0.15, -0.1) is 0 Å². The van der Waals surface area contributed by atoms with Crippen LogP contribution >= 0.6 is 0 Å². The van der Waals surface area contributed by atoms with Crippen molar-refractivity contribution in [2.24, 2.45) is 22.7 Å². The second-order valence-corrected chi connectivity index (χ2v) is 8.03. The van der Waals surface area contributed by atoms with Gasteiger partial charge in [-0.2, -0.15) is 0 Å². The van der Waals surface area contributed by atoms with Gasteiger partial charge in [0.25, 0.3) is 0 Å². The van der Waals surface area contributed by atoms with Crippen molar-refractivity contribution in [2.75, 3.05) is 19.6 Å². The van der Waals surface area contributed by atoms with Crippen molar-refractivity contribution in [3.05, 3.63) is 0 Å². The van der Waals surface area contributed by atoms with E-state index in [1.807, 2.05) is 0 Å². The number of nitrogens with zero attached hydrogens (tertiary/aromatic N) is 1. The van der Waals surface area contributed by atoms with Crippen LogP contribution in [0.4, 0.5) is 0 Å². The number of rotatable bonds is 8. The van der Waals surface area contributed by atoms with Crippen molar-refractivity contribution < 1.29 is 4.79 Å². The summed E-state index contributed by atoms with van der Waals surface area (Å²) < 4.78 is 0. The summed E-state index contributed by atoms with van der Waals surface area (Å²) in [6.07, 6.45) is 9.36. The van der Waals surface area contributed by atoms with E-state index in [9.17, 15) is 4.79 Å². The number of hydrogen-bond acceptors (Lipinski definition) is 2. The topological polar surface area (TPSA) is 65.5 Å². The van der Waals surface area contributed by atoms with Crippen molar-refractivity contribution in [3.8, 4) is 0 Å². The molecular formula is C20H38N4O. The summed E-state index contributed by atoms with van der Waals surface area (Å²) in [6.45, 7) is 9.15. The van der Waals surface area contributed by atoms with Crippen LogP contribution in [0.15, 0.2) is 4.99 Å². The molecule has 0 atom stereocenters. The molecule has 0 heterocycles. The zero-order valence-corrected chi connectivity index (χ0v) is 16.4. The van der Waals surface area contributed by atoms with E-state index in [-0.39, 0.29) is 11.8 Å². The Labute approximate surface area is 153 Å². The normalized spacial score (nSPS) is 24.7. The zero-order chi connectivity index (χ0) is 18.1. The predicted molar refractivity (Wildman–Crippen MR) is 105 cm³/mol. The highest BCUT2D eigenvalue weighted by Crippen LogP contribution is 2.29. The number of hydrogen-bond donors (Lipinski definition) is 3. The molecule has 0 saturated heterocycles. The largest absolute Gasteiger partial charge is 0.357 e. The third kappa shape index (κ3) is 6.87. The van der Waals surface area contributed by atoms with Crippen LogP contribution < -0.4 is 16.0 Å². The molecule has 0 bridgehead atoms. The second-order valence-electron chi connectivity index (χ2n) is 8.03. The monoisotopic (exact) mass is 350 g/mol. The Morgan fingerprint density at radius 2 is 1.80 bits per heavy atom. The maximum atomic E-state index is 11.8. The number of amides is 1. The highest BCUT2D eigenvalue weighted by molar-refractivity contribution is 5.80. The first-order valence-corrected chi connectivity index (χ1v) is 10.4. The minimum atomic E-state index is 0.238. The molecule has 3 N–H and O–H groups in total. The molecule has 0 spiro atoms. The Morgan fingerprint density at radius 3 is 2.36 bits per heavy atom. The summed E-state index contributed by atoms with van der Waals surface area (Å²) >= 11 is 0. The van der Waals surface area contributed by atoms with Gasteiger partial charge >= 0.3 is 0 Å². The van der Waals surface area contributed by atoms with E-state index in [0.717, 1.165) is 56.7 Å². The Balaban J connectivity index is 1.64. The smallest absolute Gasteiger partial charge is 0.223 e. The van der Waals surface area contributed by atoms with Gasteiger partial charge in [-0.3, -0.25) is 9.79 Å². The fraction of sp³-hybridized carbons (Fsp3) is 0.900. The highest BCUT2D eigenvalue weighted by atomic mass is 16.1. The summed E-state index contributed by atoms with van der Waals surface area (Å²) in [6, 6.07) is 0.547. The number of nitrogens with one attached hydrogen (secondary N) is 3. The molecule has 0 radical (unpaired) electrons. The molecule has 0 unspecified atom stereocenters. The van der Waals surface area contributed by atoms with Crippen molar-refractivity contribution in [1.29, 1.82) is 0 Å².